The van der Waals surface area contributed by atoms with E-state index in [9.17, 15) is 9.59 Å². The molecule has 0 aliphatic rings. The molecule has 3 aromatic rings. The number of fused-ring (bicyclic) bond motifs is 1. The van der Waals surface area contributed by atoms with Crippen molar-refractivity contribution in [2.45, 2.75) is 6.54 Å². The number of thiophene rings is 1. The summed E-state index contributed by atoms with van der Waals surface area (Å²) < 4.78 is 7.58. The Balaban J connectivity index is 1.98. The van der Waals surface area contributed by atoms with Crippen LogP contribution in [0.2, 0.25) is 0 Å². The average molecular weight is 275 g/mol. The largest absolute Gasteiger partial charge is 0.475 e. The lowest BCUT2D eigenvalue weighted by Gasteiger charge is -2.03. The van der Waals surface area contributed by atoms with Crippen molar-refractivity contribution in [3.63, 3.8) is 0 Å². The lowest BCUT2D eigenvalue weighted by molar-refractivity contribution is 0.0660. The molecule has 5 nitrogen and oxygen atoms in total. The third-order valence-electron chi connectivity index (χ3n) is 2.79. The van der Waals surface area contributed by atoms with E-state index in [1.807, 2.05) is 11.4 Å². The minimum absolute atomic E-state index is 0.105. The van der Waals surface area contributed by atoms with E-state index in [-0.39, 0.29) is 17.9 Å². The second-order valence-corrected chi connectivity index (χ2v) is 4.97. The maximum absolute atomic E-state index is 12.1. The summed E-state index contributed by atoms with van der Waals surface area (Å²) in [7, 11) is 0. The van der Waals surface area contributed by atoms with Crippen molar-refractivity contribution in [3.8, 4) is 0 Å². The first-order chi connectivity index (χ1) is 9.15. The van der Waals surface area contributed by atoms with Crippen LogP contribution in [0.5, 0.6) is 0 Å². The van der Waals surface area contributed by atoms with Crippen LogP contribution in [-0.2, 0) is 6.54 Å². The molecule has 0 aromatic carbocycles. The van der Waals surface area contributed by atoms with Crippen molar-refractivity contribution in [2.24, 2.45) is 0 Å². The molecule has 0 fully saturated rings. The van der Waals surface area contributed by atoms with Crippen molar-refractivity contribution < 1.29 is 14.3 Å². The van der Waals surface area contributed by atoms with Gasteiger partial charge in [-0.15, -0.1) is 11.3 Å². The van der Waals surface area contributed by atoms with Gasteiger partial charge in [-0.1, -0.05) is 0 Å². The molecular weight excluding hydrogens is 266 g/mol. The van der Waals surface area contributed by atoms with E-state index in [4.69, 9.17) is 9.52 Å². The first-order valence-electron chi connectivity index (χ1n) is 5.54. The van der Waals surface area contributed by atoms with Crippen LogP contribution in [0.3, 0.4) is 0 Å². The summed E-state index contributed by atoms with van der Waals surface area (Å²) in [6.45, 7) is 0.220. The van der Waals surface area contributed by atoms with Gasteiger partial charge in [-0.05, 0) is 29.6 Å². The fourth-order valence-corrected chi connectivity index (χ4v) is 2.65. The maximum Gasteiger partial charge on any atom is 0.371 e. The van der Waals surface area contributed by atoms with Gasteiger partial charge in [0.2, 0.25) is 5.76 Å². The van der Waals surface area contributed by atoms with Crippen LogP contribution in [0.4, 0.5) is 0 Å². The second-order valence-electron chi connectivity index (χ2n) is 4.02. The van der Waals surface area contributed by atoms with E-state index < -0.39 is 5.97 Å². The van der Waals surface area contributed by atoms with Crippen molar-refractivity contribution in [1.29, 1.82) is 0 Å². The van der Waals surface area contributed by atoms with E-state index in [1.54, 1.807) is 18.3 Å². The molecule has 19 heavy (non-hydrogen) atoms. The highest BCUT2D eigenvalue weighted by atomic mass is 32.1. The van der Waals surface area contributed by atoms with Gasteiger partial charge in [0.15, 0.2) is 0 Å². The smallest absolute Gasteiger partial charge is 0.371 e. The highest BCUT2D eigenvalue weighted by Gasteiger charge is 2.10. The quantitative estimate of drug-likeness (QED) is 0.796. The van der Waals surface area contributed by atoms with Crippen molar-refractivity contribution in [1.82, 2.24) is 4.57 Å². The normalized spacial score (nSPS) is 10.9. The number of carbonyl (C=O) groups is 1. The van der Waals surface area contributed by atoms with Crippen molar-refractivity contribution in [3.05, 3.63) is 57.7 Å². The fraction of sp³-hybridized carbons (Fsp3) is 0.0769. The molecule has 0 bridgehead atoms. The molecule has 3 aromatic heterocycles. The maximum atomic E-state index is 12.1. The average Bonchev–Trinajstić information content (AvgIpc) is 3.01. The summed E-state index contributed by atoms with van der Waals surface area (Å²) in [5, 5.41) is 11.3. The Morgan fingerprint density at radius 3 is 2.89 bits per heavy atom. The number of furan rings is 1. The molecule has 0 saturated heterocycles. The van der Waals surface area contributed by atoms with Crippen LogP contribution in [0.1, 0.15) is 16.3 Å². The van der Waals surface area contributed by atoms with E-state index in [0.717, 1.165) is 4.70 Å². The molecule has 6 heteroatoms. The van der Waals surface area contributed by atoms with Gasteiger partial charge in [-0.25, -0.2) is 4.79 Å². The van der Waals surface area contributed by atoms with Crippen LogP contribution in [0, 0.1) is 0 Å². The standard InChI is InChI=1S/C13H9NO4S/c15-12-9-4-6-19-11(9)3-5-14(12)7-8-1-2-10(18-8)13(16)17/h1-6H,7H2,(H,16,17). The SMILES string of the molecule is O=C(O)c1ccc(Cn2ccc3sccc3c2=O)o1. The summed E-state index contributed by atoms with van der Waals surface area (Å²) >= 11 is 1.51. The third kappa shape index (κ3) is 2.06. The molecule has 0 spiro atoms. The molecule has 0 aliphatic carbocycles. The van der Waals surface area contributed by atoms with E-state index in [1.165, 1.54) is 22.0 Å². The first-order valence-corrected chi connectivity index (χ1v) is 6.42. The second kappa shape index (κ2) is 4.40. The van der Waals surface area contributed by atoms with Gasteiger partial charge in [0.25, 0.3) is 5.56 Å². The lowest BCUT2D eigenvalue weighted by atomic mass is 10.3. The van der Waals surface area contributed by atoms with Crippen LogP contribution >= 0.6 is 11.3 Å². The molecule has 1 N–H and O–H groups in total. The van der Waals surface area contributed by atoms with Gasteiger partial charge in [-0.3, -0.25) is 4.79 Å². The molecule has 0 unspecified atom stereocenters. The zero-order valence-corrected chi connectivity index (χ0v) is 10.5. The number of hydrogen-bond donors (Lipinski definition) is 1. The zero-order valence-electron chi connectivity index (χ0n) is 9.70. The lowest BCUT2D eigenvalue weighted by Crippen LogP contribution is -2.19. The summed E-state index contributed by atoms with van der Waals surface area (Å²) in [6, 6.07) is 6.59. The van der Waals surface area contributed by atoms with Gasteiger partial charge >= 0.3 is 5.97 Å². The molecule has 0 amide bonds. The number of nitrogens with zero attached hydrogens (tertiary/aromatic N) is 1. The molecule has 0 saturated carbocycles. The van der Waals surface area contributed by atoms with Gasteiger partial charge in [0.1, 0.15) is 5.76 Å². The summed E-state index contributed by atoms with van der Waals surface area (Å²) in [5.41, 5.74) is -0.105. The van der Waals surface area contributed by atoms with Crippen LogP contribution in [0.15, 0.2) is 45.1 Å². The monoisotopic (exact) mass is 275 g/mol. The van der Waals surface area contributed by atoms with Gasteiger partial charge in [0.05, 0.1) is 11.9 Å². The Bertz CT molecular complexity index is 811. The molecule has 0 atom stereocenters. The van der Waals surface area contributed by atoms with Gasteiger partial charge in [0, 0.05) is 10.9 Å². The molecule has 0 radical (unpaired) electrons. The van der Waals surface area contributed by atoms with Crippen LogP contribution in [0.25, 0.3) is 10.1 Å². The third-order valence-corrected chi connectivity index (χ3v) is 3.67. The van der Waals surface area contributed by atoms with Crippen molar-refractivity contribution in [2.75, 3.05) is 0 Å². The molecule has 3 rings (SSSR count). The Kier molecular flexibility index (Phi) is 2.72. The van der Waals surface area contributed by atoms with E-state index in [0.29, 0.717) is 11.1 Å². The van der Waals surface area contributed by atoms with Gasteiger partial charge in [-0.2, -0.15) is 0 Å². The van der Waals surface area contributed by atoms with Gasteiger partial charge < -0.3 is 14.1 Å². The first kappa shape index (κ1) is 11.7. The predicted octanol–water partition coefficient (Wildman–Crippen LogP) is 2.40. The Labute approximate surface area is 111 Å². The predicted molar refractivity (Wildman–Crippen MR) is 70.9 cm³/mol. The highest BCUT2D eigenvalue weighted by Crippen LogP contribution is 2.17. The van der Waals surface area contributed by atoms with Crippen molar-refractivity contribution >= 4 is 27.4 Å². The fourth-order valence-electron chi connectivity index (χ4n) is 1.88. The topological polar surface area (TPSA) is 72.4 Å². The number of rotatable bonds is 3. The molecule has 0 aliphatic heterocycles. The summed E-state index contributed by atoms with van der Waals surface area (Å²) in [6.07, 6.45) is 1.68. The molecule has 96 valence electrons. The number of aromatic nitrogens is 1. The number of hydrogen-bond acceptors (Lipinski definition) is 4. The Morgan fingerprint density at radius 1 is 1.32 bits per heavy atom. The molecule has 3 heterocycles. The number of carboxylic acids is 1. The van der Waals surface area contributed by atoms with Crippen LogP contribution < -0.4 is 5.56 Å². The zero-order chi connectivity index (χ0) is 13.4. The number of aromatic carboxylic acids is 1. The van der Waals surface area contributed by atoms with Crippen LogP contribution in [-0.4, -0.2) is 15.6 Å². The summed E-state index contributed by atoms with van der Waals surface area (Å²) in [4.78, 5) is 22.9. The molecular formula is C13H9NO4S. The highest BCUT2D eigenvalue weighted by molar-refractivity contribution is 7.17. The Hall–Kier alpha value is -2.34. The van der Waals surface area contributed by atoms with E-state index in [2.05, 4.69) is 0 Å². The number of pyridine rings is 1. The van der Waals surface area contributed by atoms with E-state index >= 15 is 0 Å². The minimum Gasteiger partial charge on any atom is -0.475 e. The Morgan fingerprint density at radius 2 is 2.16 bits per heavy atom. The summed E-state index contributed by atoms with van der Waals surface area (Å²) in [5.74, 6) is -0.805. The minimum atomic E-state index is -1.12. The number of carboxylic acid groups (broad SMARTS) is 1.